The van der Waals surface area contributed by atoms with Crippen LogP contribution >= 0.6 is 0 Å². The summed E-state index contributed by atoms with van der Waals surface area (Å²) in [6, 6.07) is 6.12. The highest BCUT2D eigenvalue weighted by molar-refractivity contribution is 5.68. The molecule has 0 amide bonds. The largest absolute Gasteiger partial charge is 0.492 e. The van der Waals surface area contributed by atoms with Crippen LogP contribution in [0, 0.1) is 6.92 Å². The molecule has 76 valence electrons. The number of fused-ring (bicyclic) bond motifs is 1. The van der Waals surface area contributed by atoms with Crippen LogP contribution in [0.2, 0.25) is 0 Å². The van der Waals surface area contributed by atoms with Crippen molar-refractivity contribution in [2.75, 3.05) is 6.61 Å². The van der Waals surface area contributed by atoms with E-state index < -0.39 is 0 Å². The summed E-state index contributed by atoms with van der Waals surface area (Å²) in [6.45, 7) is 2.60. The van der Waals surface area contributed by atoms with Crippen molar-refractivity contribution in [2.45, 2.75) is 13.3 Å². The number of hydrogen-bond acceptors (Lipinski definition) is 3. The molecule has 1 aliphatic rings. The van der Waals surface area contributed by atoms with Crippen LogP contribution in [0.4, 0.5) is 0 Å². The molecular weight excluding hydrogens is 190 g/mol. The second-order valence-electron chi connectivity index (χ2n) is 3.64. The van der Waals surface area contributed by atoms with Gasteiger partial charge >= 0.3 is 0 Å². The van der Waals surface area contributed by atoms with Gasteiger partial charge in [0.15, 0.2) is 11.7 Å². The monoisotopic (exact) mass is 201 g/mol. The Balaban J connectivity index is 2.16. The van der Waals surface area contributed by atoms with Crippen molar-refractivity contribution in [2.24, 2.45) is 0 Å². The molecule has 0 radical (unpaired) electrons. The number of oxazole rings is 1. The lowest BCUT2D eigenvalue weighted by molar-refractivity contribution is 0.357. The lowest BCUT2D eigenvalue weighted by atomic mass is 10.1. The van der Waals surface area contributed by atoms with Crippen LogP contribution in [0.15, 0.2) is 28.8 Å². The first kappa shape index (κ1) is 8.53. The minimum absolute atomic E-state index is 0.681. The van der Waals surface area contributed by atoms with Gasteiger partial charge in [-0.05, 0) is 11.6 Å². The summed E-state index contributed by atoms with van der Waals surface area (Å²) in [7, 11) is 0. The van der Waals surface area contributed by atoms with Gasteiger partial charge in [0.25, 0.3) is 0 Å². The van der Waals surface area contributed by atoms with Gasteiger partial charge in [0.2, 0.25) is 0 Å². The maximum absolute atomic E-state index is 5.61. The van der Waals surface area contributed by atoms with Crippen LogP contribution in [-0.4, -0.2) is 11.6 Å². The third kappa shape index (κ3) is 1.31. The fourth-order valence-corrected chi connectivity index (χ4v) is 1.90. The quantitative estimate of drug-likeness (QED) is 0.711. The molecule has 0 fully saturated rings. The smallest absolute Gasteiger partial charge is 0.191 e. The molecule has 0 spiro atoms. The topological polar surface area (TPSA) is 35.3 Å². The van der Waals surface area contributed by atoms with Crippen molar-refractivity contribution >= 4 is 0 Å². The molecule has 0 bridgehead atoms. The first-order valence-corrected chi connectivity index (χ1v) is 5.02. The second-order valence-corrected chi connectivity index (χ2v) is 3.64. The van der Waals surface area contributed by atoms with E-state index in [1.165, 1.54) is 5.56 Å². The number of nitrogens with zero attached hydrogens (tertiary/aromatic N) is 1. The highest BCUT2D eigenvalue weighted by atomic mass is 16.5. The molecular formula is C12H11NO2. The van der Waals surface area contributed by atoms with Gasteiger partial charge in [-0.1, -0.05) is 12.1 Å². The summed E-state index contributed by atoms with van der Waals surface area (Å²) in [5, 5.41) is 0. The van der Waals surface area contributed by atoms with Gasteiger partial charge in [0, 0.05) is 13.3 Å². The lowest BCUT2D eigenvalue weighted by Gasteiger charge is -2.04. The molecule has 15 heavy (non-hydrogen) atoms. The van der Waals surface area contributed by atoms with Crippen molar-refractivity contribution < 1.29 is 9.15 Å². The Kier molecular flexibility index (Phi) is 1.78. The summed E-state index contributed by atoms with van der Waals surface area (Å²) in [5.74, 6) is 2.42. The number of para-hydroxylation sites is 1. The Hall–Kier alpha value is -1.77. The molecule has 1 aromatic heterocycles. The van der Waals surface area contributed by atoms with E-state index in [4.69, 9.17) is 9.15 Å². The third-order valence-electron chi connectivity index (χ3n) is 2.60. The van der Waals surface area contributed by atoms with Crippen molar-refractivity contribution in [1.29, 1.82) is 0 Å². The summed E-state index contributed by atoms with van der Waals surface area (Å²) in [6.07, 6.45) is 2.73. The molecule has 3 nitrogen and oxygen atoms in total. The van der Waals surface area contributed by atoms with Gasteiger partial charge < -0.3 is 9.15 Å². The Labute approximate surface area is 87.7 Å². The van der Waals surface area contributed by atoms with Crippen molar-refractivity contribution in [3.63, 3.8) is 0 Å². The van der Waals surface area contributed by atoms with Gasteiger partial charge in [-0.25, -0.2) is 4.98 Å². The Morgan fingerprint density at radius 3 is 3.07 bits per heavy atom. The van der Waals surface area contributed by atoms with Crippen LogP contribution in [0.25, 0.3) is 11.3 Å². The van der Waals surface area contributed by atoms with E-state index in [9.17, 15) is 0 Å². The molecule has 0 atom stereocenters. The number of aromatic nitrogens is 1. The maximum Gasteiger partial charge on any atom is 0.191 e. The number of benzene rings is 1. The van der Waals surface area contributed by atoms with E-state index >= 15 is 0 Å². The number of ether oxygens (including phenoxy) is 1. The molecule has 0 saturated carbocycles. The minimum Gasteiger partial charge on any atom is -0.492 e. The van der Waals surface area contributed by atoms with Gasteiger partial charge in [0.05, 0.1) is 18.4 Å². The van der Waals surface area contributed by atoms with E-state index in [0.717, 1.165) is 30.1 Å². The van der Waals surface area contributed by atoms with Crippen LogP contribution in [0.3, 0.4) is 0 Å². The lowest BCUT2D eigenvalue weighted by Crippen LogP contribution is -1.87. The molecule has 1 aliphatic heterocycles. The molecule has 3 heteroatoms. The number of aryl methyl sites for hydroxylation is 1. The van der Waals surface area contributed by atoms with E-state index in [-0.39, 0.29) is 0 Å². The third-order valence-corrected chi connectivity index (χ3v) is 2.60. The molecule has 2 aromatic rings. The van der Waals surface area contributed by atoms with Crippen LogP contribution in [0.1, 0.15) is 11.5 Å². The predicted octanol–water partition coefficient (Wildman–Crippen LogP) is 2.58. The van der Waals surface area contributed by atoms with E-state index in [1.54, 1.807) is 6.20 Å². The molecule has 2 heterocycles. The fourth-order valence-electron chi connectivity index (χ4n) is 1.90. The van der Waals surface area contributed by atoms with Gasteiger partial charge in [-0.2, -0.15) is 0 Å². The van der Waals surface area contributed by atoms with Crippen LogP contribution in [0.5, 0.6) is 5.75 Å². The Morgan fingerprint density at radius 1 is 1.33 bits per heavy atom. The average Bonchev–Trinajstić information content (AvgIpc) is 2.84. The standard InChI is InChI=1S/C12H11NO2/c1-8-13-7-11(15-8)10-4-2-3-9-5-6-14-12(9)10/h2-4,7H,5-6H2,1H3. The molecule has 0 saturated heterocycles. The number of rotatable bonds is 1. The molecule has 3 rings (SSSR count). The molecule has 0 unspecified atom stereocenters. The van der Waals surface area contributed by atoms with Crippen molar-refractivity contribution in [1.82, 2.24) is 4.98 Å². The molecule has 0 aliphatic carbocycles. The highest BCUT2D eigenvalue weighted by Gasteiger charge is 2.18. The van der Waals surface area contributed by atoms with E-state index in [1.807, 2.05) is 19.1 Å². The summed E-state index contributed by atoms with van der Waals surface area (Å²) >= 11 is 0. The summed E-state index contributed by atoms with van der Waals surface area (Å²) in [5.41, 5.74) is 2.26. The van der Waals surface area contributed by atoms with Gasteiger partial charge in [0.1, 0.15) is 5.75 Å². The van der Waals surface area contributed by atoms with Gasteiger partial charge in [-0.3, -0.25) is 0 Å². The first-order chi connectivity index (χ1) is 7.34. The van der Waals surface area contributed by atoms with E-state index in [2.05, 4.69) is 11.1 Å². The zero-order valence-corrected chi connectivity index (χ0v) is 8.49. The second kappa shape index (κ2) is 3.12. The predicted molar refractivity (Wildman–Crippen MR) is 55.9 cm³/mol. The molecule has 0 N–H and O–H groups in total. The average molecular weight is 201 g/mol. The normalized spacial score (nSPS) is 13.7. The van der Waals surface area contributed by atoms with Crippen molar-refractivity contribution in [3.05, 3.63) is 35.9 Å². The zero-order valence-electron chi connectivity index (χ0n) is 8.49. The summed E-state index contributed by atoms with van der Waals surface area (Å²) < 4.78 is 11.1. The summed E-state index contributed by atoms with van der Waals surface area (Å²) in [4.78, 5) is 4.10. The van der Waals surface area contributed by atoms with E-state index in [0.29, 0.717) is 5.89 Å². The SMILES string of the molecule is Cc1ncc(-c2cccc3c2OCC3)o1. The minimum atomic E-state index is 0.681. The fraction of sp³-hybridized carbons (Fsp3) is 0.250. The van der Waals surface area contributed by atoms with Crippen LogP contribution in [-0.2, 0) is 6.42 Å². The van der Waals surface area contributed by atoms with Gasteiger partial charge in [-0.15, -0.1) is 0 Å². The highest BCUT2D eigenvalue weighted by Crippen LogP contribution is 2.36. The zero-order chi connectivity index (χ0) is 10.3. The van der Waals surface area contributed by atoms with Crippen LogP contribution < -0.4 is 4.74 Å². The van der Waals surface area contributed by atoms with Crippen molar-refractivity contribution in [3.8, 4) is 17.1 Å². The Bertz CT molecular complexity index is 502. The maximum atomic E-state index is 5.61. The Morgan fingerprint density at radius 2 is 2.27 bits per heavy atom. The number of hydrogen-bond donors (Lipinski definition) is 0. The first-order valence-electron chi connectivity index (χ1n) is 5.02. The molecule has 1 aromatic carbocycles.